The van der Waals surface area contributed by atoms with Gasteiger partial charge in [0.25, 0.3) is 5.72 Å². The van der Waals surface area contributed by atoms with Crippen LogP contribution in [0.25, 0.3) is 0 Å². The quantitative estimate of drug-likeness (QED) is 0.381. The van der Waals surface area contributed by atoms with Crippen LogP contribution >= 0.6 is 0 Å². The van der Waals surface area contributed by atoms with Gasteiger partial charge in [0.15, 0.2) is 5.78 Å². The van der Waals surface area contributed by atoms with Crippen LogP contribution in [0.3, 0.4) is 0 Å². The molecule has 2 rings (SSSR count). The van der Waals surface area contributed by atoms with Crippen LogP contribution in [-0.2, 0) is 4.79 Å². The molecule has 8 nitrogen and oxygen atoms in total. The van der Waals surface area contributed by atoms with E-state index >= 15 is 0 Å². The van der Waals surface area contributed by atoms with Crippen LogP contribution in [0.1, 0.15) is 5.56 Å². The normalized spacial score (nSPS) is 27.4. The van der Waals surface area contributed by atoms with Gasteiger partial charge in [0, 0.05) is 0 Å². The van der Waals surface area contributed by atoms with Gasteiger partial charge in [-0.3, -0.25) is 4.79 Å². The summed E-state index contributed by atoms with van der Waals surface area (Å²) in [6.07, 6.45) is 2.04. The SMILES string of the molecule is Cc1ccccc1N=NC1(O)/C(=N/O)C=CC(=O)C1N=O. The Labute approximate surface area is 119 Å². The van der Waals surface area contributed by atoms with E-state index < -0.39 is 17.6 Å². The maximum atomic E-state index is 11.6. The molecule has 0 saturated heterocycles. The number of azo groups is 1. The number of rotatable bonds is 3. The molecule has 8 heteroatoms. The van der Waals surface area contributed by atoms with E-state index in [0.717, 1.165) is 17.7 Å². The van der Waals surface area contributed by atoms with Gasteiger partial charge in [0.1, 0.15) is 5.71 Å². The molecule has 0 bridgehead atoms. The molecule has 0 fully saturated rings. The minimum absolute atomic E-state index is 0.385. The lowest BCUT2D eigenvalue weighted by Gasteiger charge is -2.27. The summed E-state index contributed by atoms with van der Waals surface area (Å²) in [6, 6.07) is 5.18. The molecule has 0 saturated carbocycles. The zero-order valence-electron chi connectivity index (χ0n) is 11.0. The first-order valence-corrected chi connectivity index (χ1v) is 6.00. The van der Waals surface area contributed by atoms with Gasteiger partial charge in [0.2, 0.25) is 6.04 Å². The predicted molar refractivity (Wildman–Crippen MR) is 73.6 cm³/mol. The predicted octanol–water partition coefficient (Wildman–Crippen LogP) is 1.87. The fourth-order valence-electron chi connectivity index (χ4n) is 1.86. The largest absolute Gasteiger partial charge is 0.410 e. The second-order valence-electron chi connectivity index (χ2n) is 4.44. The molecule has 1 aromatic carbocycles. The summed E-state index contributed by atoms with van der Waals surface area (Å²) < 4.78 is 0. The molecule has 108 valence electrons. The molecule has 0 amide bonds. The number of hydrogen-bond donors (Lipinski definition) is 2. The van der Waals surface area contributed by atoms with Gasteiger partial charge in [-0.2, -0.15) is 5.11 Å². The lowest BCUT2D eigenvalue weighted by molar-refractivity contribution is -0.119. The number of nitroso groups, excluding NO2 is 1. The van der Waals surface area contributed by atoms with E-state index in [1.165, 1.54) is 0 Å². The number of nitrogens with zero attached hydrogens (tertiary/aromatic N) is 4. The van der Waals surface area contributed by atoms with Crippen LogP contribution < -0.4 is 0 Å². The molecule has 21 heavy (non-hydrogen) atoms. The van der Waals surface area contributed by atoms with Crippen molar-refractivity contribution in [3.8, 4) is 0 Å². The van der Waals surface area contributed by atoms with Crippen LogP contribution in [0.15, 0.2) is 57.0 Å². The number of oxime groups is 1. The number of benzene rings is 1. The Morgan fingerprint density at radius 1 is 1.24 bits per heavy atom. The van der Waals surface area contributed by atoms with Crippen molar-refractivity contribution in [2.75, 3.05) is 0 Å². The molecule has 0 aromatic heterocycles. The van der Waals surface area contributed by atoms with Crippen molar-refractivity contribution in [3.05, 3.63) is 46.9 Å². The Kier molecular flexibility index (Phi) is 3.99. The Balaban J connectivity index is 2.47. The minimum atomic E-state index is -2.43. The molecule has 2 unspecified atom stereocenters. The van der Waals surface area contributed by atoms with Crippen molar-refractivity contribution < 1.29 is 15.1 Å². The van der Waals surface area contributed by atoms with Gasteiger partial charge < -0.3 is 10.3 Å². The van der Waals surface area contributed by atoms with E-state index in [2.05, 4.69) is 20.6 Å². The Morgan fingerprint density at radius 3 is 2.57 bits per heavy atom. The van der Waals surface area contributed by atoms with E-state index in [-0.39, 0.29) is 5.71 Å². The summed E-state index contributed by atoms with van der Waals surface area (Å²) in [4.78, 5) is 22.4. The Morgan fingerprint density at radius 2 is 1.95 bits per heavy atom. The first-order chi connectivity index (χ1) is 10.0. The number of ketones is 1. The summed E-state index contributed by atoms with van der Waals surface area (Å²) in [5, 5.41) is 32.2. The second kappa shape index (κ2) is 5.71. The van der Waals surface area contributed by atoms with E-state index in [0.29, 0.717) is 5.69 Å². The zero-order valence-corrected chi connectivity index (χ0v) is 11.0. The number of carbonyl (C=O) groups excluding carboxylic acids is 1. The van der Waals surface area contributed by atoms with Gasteiger partial charge in [-0.25, -0.2) is 0 Å². The van der Waals surface area contributed by atoms with Crippen molar-refractivity contribution in [3.63, 3.8) is 0 Å². The lowest BCUT2D eigenvalue weighted by atomic mass is 9.90. The van der Waals surface area contributed by atoms with E-state index in [1.807, 2.05) is 0 Å². The third-order valence-electron chi connectivity index (χ3n) is 3.07. The highest BCUT2D eigenvalue weighted by Gasteiger charge is 2.49. The van der Waals surface area contributed by atoms with E-state index in [4.69, 9.17) is 5.21 Å². The molecule has 2 N–H and O–H groups in total. The molecule has 0 radical (unpaired) electrons. The standard InChI is InChI=1S/C13H12N4O4/c1-8-4-2-3-5-9(8)14-17-13(19)11(15-20)7-6-10(18)12(13)16-21/h2-7,12,19-20H,1H3/b15-11+,17-14?. The smallest absolute Gasteiger partial charge is 0.256 e. The average molecular weight is 288 g/mol. The Hall–Kier alpha value is -2.74. The third kappa shape index (κ3) is 2.61. The lowest BCUT2D eigenvalue weighted by Crippen LogP contribution is -2.52. The molecule has 0 aliphatic heterocycles. The van der Waals surface area contributed by atoms with Crippen molar-refractivity contribution in [2.45, 2.75) is 18.7 Å². The van der Waals surface area contributed by atoms with Gasteiger partial charge in [-0.05, 0) is 30.7 Å². The summed E-state index contributed by atoms with van der Waals surface area (Å²) >= 11 is 0. The molecular weight excluding hydrogens is 276 g/mol. The van der Waals surface area contributed by atoms with Gasteiger partial charge >= 0.3 is 0 Å². The van der Waals surface area contributed by atoms with Crippen LogP contribution in [0.4, 0.5) is 5.69 Å². The van der Waals surface area contributed by atoms with E-state index in [1.54, 1.807) is 31.2 Å². The Bertz CT molecular complexity index is 668. The minimum Gasteiger partial charge on any atom is -0.410 e. The maximum absolute atomic E-state index is 11.6. The summed E-state index contributed by atoms with van der Waals surface area (Å²) in [5.74, 6) is -0.747. The summed E-state index contributed by atoms with van der Waals surface area (Å²) in [7, 11) is 0. The fraction of sp³-hybridized carbons (Fsp3) is 0.231. The highest BCUT2D eigenvalue weighted by Crippen LogP contribution is 2.27. The third-order valence-corrected chi connectivity index (χ3v) is 3.07. The van der Waals surface area contributed by atoms with Crippen molar-refractivity contribution >= 4 is 17.2 Å². The summed E-state index contributed by atoms with van der Waals surface area (Å²) in [5.41, 5.74) is -1.59. The average Bonchev–Trinajstić information content (AvgIpc) is 2.47. The number of hydrogen-bond acceptors (Lipinski definition) is 8. The van der Waals surface area contributed by atoms with Crippen molar-refractivity contribution in [2.24, 2.45) is 20.6 Å². The number of aryl methyl sites for hydroxylation is 1. The van der Waals surface area contributed by atoms with Crippen LogP contribution in [0.5, 0.6) is 0 Å². The molecule has 1 aliphatic carbocycles. The first-order valence-electron chi connectivity index (χ1n) is 6.00. The maximum Gasteiger partial charge on any atom is 0.256 e. The fourth-order valence-corrected chi connectivity index (χ4v) is 1.86. The van der Waals surface area contributed by atoms with Crippen LogP contribution in [0.2, 0.25) is 0 Å². The zero-order chi connectivity index (χ0) is 15.5. The first kappa shape index (κ1) is 14.7. The second-order valence-corrected chi connectivity index (χ2v) is 4.44. The van der Waals surface area contributed by atoms with Gasteiger partial charge in [-0.1, -0.05) is 28.5 Å². The topological polar surface area (TPSA) is 124 Å². The highest BCUT2D eigenvalue weighted by molar-refractivity contribution is 6.14. The van der Waals surface area contributed by atoms with Crippen LogP contribution in [-0.4, -0.2) is 33.6 Å². The monoisotopic (exact) mass is 288 g/mol. The van der Waals surface area contributed by atoms with E-state index in [9.17, 15) is 14.8 Å². The number of aliphatic hydroxyl groups is 1. The van der Waals surface area contributed by atoms with Crippen LogP contribution in [0, 0.1) is 11.8 Å². The molecule has 2 atom stereocenters. The van der Waals surface area contributed by atoms with Gasteiger partial charge in [0.05, 0.1) is 5.69 Å². The molecular formula is C13H12N4O4. The van der Waals surface area contributed by atoms with Crippen molar-refractivity contribution in [1.82, 2.24) is 0 Å². The molecule has 1 aromatic rings. The summed E-state index contributed by atoms with van der Waals surface area (Å²) in [6.45, 7) is 1.78. The molecule has 0 heterocycles. The van der Waals surface area contributed by atoms with Crippen molar-refractivity contribution in [1.29, 1.82) is 0 Å². The number of carbonyl (C=O) groups is 1. The molecule has 0 spiro atoms. The molecule has 1 aliphatic rings. The van der Waals surface area contributed by atoms with Gasteiger partial charge in [-0.15, -0.1) is 10.0 Å². The highest BCUT2D eigenvalue weighted by atomic mass is 16.4.